The number of nitrogens with one attached hydrogen (secondary N) is 1. The van der Waals surface area contributed by atoms with Crippen LogP contribution in [0.15, 0.2) is 12.7 Å². The number of anilines is 1. The molecule has 0 bridgehead atoms. The molecule has 1 unspecified atom stereocenters. The molecular weight excluding hydrogens is 182 g/mol. The SMILES string of the molecule is OC1CCn2cnc3ncnc-3c2N1. The summed E-state index contributed by atoms with van der Waals surface area (Å²) in [7, 11) is 0. The van der Waals surface area contributed by atoms with Gasteiger partial charge in [0.15, 0.2) is 11.5 Å². The van der Waals surface area contributed by atoms with Gasteiger partial charge in [-0.2, -0.15) is 0 Å². The summed E-state index contributed by atoms with van der Waals surface area (Å²) < 4.78 is 1.93. The molecule has 3 heterocycles. The Kier molecular flexibility index (Phi) is 1.45. The maximum Gasteiger partial charge on any atom is 0.184 e. The maximum atomic E-state index is 9.46. The number of aryl methyl sites for hydroxylation is 1. The summed E-state index contributed by atoms with van der Waals surface area (Å²) in [4.78, 5) is 12.2. The highest BCUT2D eigenvalue weighted by Gasteiger charge is 2.21. The molecule has 3 aliphatic heterocycles. The first-order valence-corrected chi connectivity index (χ1v) is 4.45. The van der Waals surface area contributed by atoms with Gasteiger partial charge in [-0.25, -0.2) is 15.0 Å². The van der Waals surface area contributed by atoms with Crippen molar-refractivity contribution in [1.82, 2.24) is 19.5 Å². The maximum absolute atomic E-state index is 9.46. The lowest BCUT2D eigenvalue weighted by Crippen LogP contribution is -2.29. The van der Waals surface area contributed by atoms with E-state index < -0.39 is 6.23 Å². The van der Waals surface area contributed by atoms with Gasteiger partial charge in [-0.15, -0.1) is 0 Å². The summed E-state index contributed by atoms with van der Waals surface area (Å²) in [5.41, 5.74) is 0.714. The van der Waals surface area contributed by atoms with E-state index in [2.05, 4.69) is 20.3 Å². The van der Waals surface area contributed by atoms with Gasteiger partial charge in [0.2, 0.25) is 0 Å². The first-order chi connectivity index (χ1) is 6.84. The standard InChI is InChI=1S/C8H9N5O/c14-5-1-2-13-4-11-7-6(8(13)12-5)9-3-10-7/h3-5,12,14H,1-2H2. The third-order valence-electron chi connectivity index (χ3n) is 2.36. The fourth-order valence-electron chi connectivity index (χ4n) is 1.65. The van der Waals surface area contributed by atoms with Gasteiger partial charge < -0.3 is 15.0 Å². The van der Waals surface area contributed by atoms with Gasteiger partial charge in [0.05, 0.1) is 6.33 Å². The first-order valence-electron chi connectivity index (χ1n) is 4.45. The number of aromatic nitrogens is 4. The molecule has 0 saturated carbocycles. The summed E-state index contributed by atoms with van der Waals surface area (Å²) in [6.07, 6.45) is 3.36. The second kappa shape index (κ2) is 2.65. The van der Waals surface area contributed by atoms with Crippen molar-refractivity contribution in [2.75, 3.05) is 5.32 Å². The van der Waals surface area contributed by atoms with E-state index >= 15 is 0 Å². The summed E-state index contributed by atoms with van der Waals surface area (Å²) in [6, 6.07) is 0. The van der Waals surface area contributed by atoms with Gasteiger partial charge in [-0.1, -0.05) is 0 Å². The number of hydrogen-bond acceptors (Lipinski definition) is 5. The third-order valence-corrected chi connectivity index (χ3v) is 2.36. The van der Waals surface area contributed by atoms with E-state index in [1.165, 1.54) is 6.33 Å². The molecule has 3 rings (SSSR count). The average molecular weight is 191 g/mol. The highest BCUT2D eigenvalue weighted by molar-refractivity contribution is 5.67. The van der Waals surface area contributed by atoms with Crippen molar-refractivity contribution in [3.63, 3.8) is 0 Å². The largest absolute Gasteiger partial charge is 0.374 e. The fourth-order valence-corrected chi connectivity index (χ4v) is 1.65. The molecule has 0 spiro atoms. The summed E-state index contributed by atoms with van der Waals surface area (Å²) >= 11 is 0. The average Bonchev–Trinajstić information content (AvgIpc) is 2.65. The molecule has 0 aromatic heterocycles. The molecule has 3 aliphatic rings. The van der Waals surface area contributed by atoms with Crippen LogP contribution in [-0.2, 0) is 6.54 Å². The van der Waals surface area contributed by atoms with Crippen LogP contribution >= 0.6 is 0 Å². The molecule has 0 radical (unpaired) electrons. The van der Waals surface area contributed by atoms with E-state index in [-0.39, 0.29) is 0 Å². The van der Waals surface area contributed by atoms with Crippen LogP contribution in [0.4, 0.5) is 5.82 Å². The lowest BCUT2D eigenvalue weighted by Gasteiger charge is -2.25. The van der Waals surface area contributed by atoms with E-state index in [1.54, 1.807) is 6.33 Å². The molecule has 14 heavy (non-hydrogen) atoms. The van der Waals surface area contributed by atoms with Gasteiger partial charge in [-0.05, 0) is 0 Å². The highest BCUT2D eigenvalue weighted by Crippen LogP contribution is 2.27. The lowest BCUT2D eigenvalue weighted by molar-refractivity contribution is 0.176. The zero-order chi connectivity index (χ0) is 9.54. The topological polar surface area (TPSA) is 75.9 Å². The molecular formula is C8H9N5O. The molecule has 0 amide bonds. The minimum Gasteiger partial charge on any atom is -0.374 e. The Bertz CT molecular complexity index is 440. The first kappa shape index (κ1) is 7.69. The van der Waals surface area contributed by atoms with Gasteiger partial charge in [-0.3, -0.25) is 0 Å². The van der Waals surface area contributed by atoms with Gasteiger partial charge in [0.1, 0.15) is 18.4 Å². The van der Waals surface area contributed by atoms with Crippen LogP contribution in [0, 0.1) is 0 Å². The van der Waals surface area contributed by atoms with Crippen LogP contribution < -0.4 is 5.32 Å². The van der Waals surface area contributed by atoms with E-state index in [0.717, 1.165) is 12.4 Å². The minimum atomic E-state index is -0.503. The second-order valence-electron chi connectivity index (χ2n) is 3.28. The van der Waals surface area contributed by atoms with Crippen molar-refractivity contribution < 1.29 is 5.11 Å². The van der Waals surface area contributed by atoms with Crippen molar-refractivity contribution in [2.24, 2.45) is 0 Å². The number of hydrogen-bond donors (Lipinski definition) is 2. The van der Waals surface area contributed by atoms with Crippen LogP contribution in [-0.4, -0.2) is 30.9 Å². The predicted octanol–water partition coefficient (Wildman–Crippen LogP) is -0.0881. The van der Waals surface area contributed by atoms with Crippen LogP contribution in [0.2, 0.25) is 0 Å². The Balaban J connectivity index is 2.21. The number of rotatable bonds is 0. The Morgan fingerprint density at radius 3 is 3.29 bits per heavy atom. The van der Waals surface area contributed by atoms with Crippen molar-refractivity contribution >= 4 is 5.82 Å². The number of imidazole rings is 1. The molecule has 0 aromatic rings. The minimum absolute atomic E-state index is 0.503. The summed E-state index contributed by atoms with van der Waals surface area (Å²) in [5.74, 6) is 1.41. The summed E-state index contributed by atoms with van der Waals surface area (Å²) in [5, 5.41) is 12.4. The molecule has 0 fully saturated rings. The quantitative estimate of drug-likeness (QED) is 0.608. The van der Waals surface area contributed by atoms with Crippen LogP contribution in [0.3, 0.4) is 0 Å². The number of nitrogens with zero attached hydrogens (tertiary/aromatic N) is 4. The van der Waals surface area contributed by atoms with Crippen molar-refractivity contribution in [3.8, 4) is 11.5 Å². The van der Waals surface area contributed by atoms with E-state index in [1.807, 2.05) is 4.57 Å². The van der Waals surface area contributed by atoms with Crippen molar-refractivity contribution in [1.29, 1.82) is 0 Å². The monoisotopic (exact) mass is 191 g/mol. The Hall–Kier alpha value is -1.69. The zero-order valence-corrected chi connectivity index (χ0v) is 7.38. The molecule has 72 valence electrons. The Morgan fingerprint density at radius 1 is 1.43 bits per heavy atom. The highest BCUT2D eigenvalue weighted by atomic mass is 16.3. The predicted molar refractivity (Wildman–Crippen MR) is 48.7 cm³/mol. The molecule has 0 aliphatic carbocycles. The van der Waals surface area contributed by atoms with E-state index in [4.69, 9.17) is 0 Å². The van der Waals surface area contributed by atoms with Crippen LogP contribution in [0.25, 0.3) is 11.5 Å². The summed E-state index contributed by atoms with van der Waals surface area (Å²) in [6.45, 7) is 0.749. The molecule has 6 heteroatoms. The molecule has 6 nitrogen and oxygen atoms in total. The van der Waals surface area contributed by atoms with E-state index in [9.17, 15) is 5.11 Å². The molecule has 1 atom stereocenters. The Labute approximate surface area is 80.0 Å². The van der Waals surface area contributed by atoms with Gasteiger partial charge in [0, 0.05) is 13.0 Å². The molecule has 0 saturated heterocycles. The van der Waals surface area contributed by atoms with Crippen LogP contribution in [0.1, 0.15) is 6.42 Å². The fraction of sp³-hybridized carbons (Fsp3) is 0.375. The second-order valence-corrected chi connectivity index (χ2v) is 3.28. The smallest absolute Gasteiger partial charge is 0.184 e. The molecule has 0 aromatic carbocycles. The lowest BCUT2D eigenvalue weighted by atomic mass is 10.2. The zero-order valence-electron chi connectivity index (χ0n) is 7.38. The van der Waals surface area contributed by atoms with Gasteiger partial charge >= 0.3 is 0 Å². The number of aliphatic hydroxyl groups is 1. The van der Waals surface area contributed by atoms with Crippen molar-refractivity contribution in [2.45, 2.75) is 19.2 Å². The molecule has 2 N–H and O–H groups in total. The normalized spacial score (nSPS) is 20.5. The van der Waals surface area contributed by atoms with Crippen molar-refractivity contribution in [3.05, 3.63) is 12.7 Å². The Morgan fingerprint density at radius 2 is 2.36 bits per heavy atom. The third kappa shape index (κ3) is 0.973. The number of fused-ring (bicyclic) bond motifs is 3. The van der Waals surface area contributed by atoms with E-state index in [0.29, 0.717) is 17.9 Å². The number of aliphatic hydroxyl groups excluding tert-OH is 1. The van der Waals surface area contributed by atoms with Gasteiger partial charge in [0.25, 0.3) is 0 Å². The van der Waals surface area contributed by atoms with Crippen LogP contribution in [0.5, 0.6) is 0 Å².